The first-order chi connectivity index (χ1) is 11.3. The molecular weight excluding hydrogens is 288 g/mol. The Morgan fingerprint density at radius 2 is 2.04 bits per heavy atom. The lowest BCUT2D eigenvalue weighted by molar-refractivity contribution is 0.568. The van der Waals surface area contributed by atoms with Crippen LogP contribution in [-0.4, -0.2) is 21.6 Å². The van der Waals surface area contributed by atoms with Gasteiger partial charge in [0.25, 0.3) is 0 Å². The number of hydrogen-bond acceptors (Lipinski definition) is 4. The van der Waals surface area contributed by atoms with E-state index >= 15 is 0 Å². The van der Waals surface area contributed by atoms with Gasteiger partial charge in [0.15, 0.2) is 0 Å². The zero-order valence-corrected chi connectivity index (χ0v) is 12.7. The Hall–Kier alpha value is -3.08. The molecule has 4 rings (SSSR count). The lowest BCUT2D eigenvalue weighted by Gasteiger charge is -2.09. The summed E-state index contributed by atoms with van der Waals surface area (Å²) in [5.41, 5.74) is 4.99. The lowest BCUT2D eigenvalue weighted by atomic mass is 10.2. The van der Waals surface area contributed by atoms with Gasteiger partial charge in [-0.1, -0.05) is 30.3 Å². The average Bonchev–Trinajstić information content (AvgIpc) is 3.24. The smallest absolute Gasteiger partial charge is 0.203 e. The molecule has 4 aromatic rings. The first-order valence-electron chi connectivity index (χ1n) is 7.45. The van der Waals surface area contributed by atoms with E-state index in [4.69, 9.17) is 4.42 Å². The van der Waals surface area contributed by atoms with E-state index in [2.05, 4.69) is 38.1 Å². The van der Waals surface area contributed by atoms with Gasteiger partial charge in [-0.05, 0) is 17.7 Å². The molecule has 114 valence electrons. The minimum Gasteiger partial charge on any atom is -0.472 e. The molecule has 3 heterocycles. The predicted molar refractivity (Wildman–Crippen MR) is 90.3 cm³/mol. The van der Waals surface area contributed by atoms with E-state index in [0.29, 0.717) is 0 Å². The Balaban J connectivity index is 1.85. The van der Waals surface area contributed by atoms with E-state index in [1.54, 1.807) is 18.7 Å². The average molecular weight is 304 g/mol. The van der Waals surface area contributed by atoms with E-state index in [9.17, 15) is 0 Å². The first kappa shape index (κ1) is 13.6. The van der Waals surface area contributed by atoms with Crippen LogP contribution in [0, 0.1) is 0 Å². The quantitative estimate of drug-likeness (QED) is 0.623. The molecule has 0 radical (unpaired) electrons. The van der Waals surface area contributed by atoms with Gasteiger partial charge in [0.05, 0.1) is 36.5 Å². The Morgan fingerprint density at radius 3 is 2.78 bits per heavy atom. The summed E-state index contributed by atoms with van der Waals surface area (Å²) in [6, 6.07) is 14.3. The van der Waals surface area contributed by atoms with Gasteiger partial charge in [-0.15, -0.1) is 0 Å². The summed E-state index contributed by atoms with van der Waals surface area (Å²) in [7, 11) is 1.88. The molecule has 0 spiro atoms. The van der Waals surface area contributed by atoms with Crippen LogP contribution in [0.5, 0.6) is 0 Å². The molecule has 0 aliphatic heterocycles. The third-order valence-electron chi connectivity index (χ3n) is 3.86. The SMILES string of the molecule is CNc1nc2cnc(-c3ccoc3)cc2n1Cc1ccccc1. The van der Waals surface area contributed by atoms with Gasteiger partial charge in [-0.25, -0.2) is 4.98 Å². The van der Waals surface area contributed by atoms with Crippen LogP contribution >= 0.6 is 0 Å². The maximum Gasteiger partial charge on any atom is 0.203 e. The van der Waals surface area contributed by atoms with Crippen LogP contribution in [0.25, 0.3) is 22.3 Å². The largest absolute Gasteiger partial charge is 0.472 e. The molecule has 0 atom stereocenters. The number of furan rings is 1. The molecule has 0 bridgehead atoms. The number of nitrogens with one attached hydrogen (secondary N) is 1. The van der Waals surface area contributed by atoms with Crippen molar-refractivity contribution in [3.05, 3.63) is 66.8 Å². The van der Waals surface area contributed by atoms with Crippen molar-refractivity contribution in [2.45, 2.75) is 6.54 Å². The fourth-order valence-electron chi connectivity index (χ4n) is 2.71. The van der Waals surface area contributed by atoms with E-state index in [0.717, 1.165) is 34.8 Å². The zero-order valence-electron chi connectivity index (χ0n) is 12.7. The van der Waals surface area contributed by atoms with Gasteiger partial charge < -0.3 is 14.3 Å². The van der Waals surface area contributed by atoms with Crippen molar-refractivity contribution in [2.75, 3.05) is 12.4 Å². The summed E-state index contributed by atoms with van der Waals surface area (Å²) in [5.74, 6) is 0.829. The monoisotopic (exact) mass is 304 g/mol. The minimum atomic E-state index is 0.752. The molecule has 5 heteroatoms. The predicted octanol–water partition coefficient (Wildman–Crippen LogP) is 3.78. The summed E-state index contributed by atoms with van der Waals surface area (Å²) < 4.78 is 7.32. The van der Waals surface area contributed by atoms with Gasteiger partial charge in [-0.3, -0.25) is 4.98 Å². The number of anilines is 1. The van der Waals surface area contributed by atoms with Crippen LogP contribution in [0.4, 0.5) is 5.95 Å². The Morgan fingerprint density at radius 1 is 1.17 bits per heavy atom. The van der Waals surface area contributed by atoms with Crippen LogP contribution in [0.1, 0.15) is 5.56 Å². The molecule has 23 heavy (non-hydrogen) atoms. The van der Waals surface area contributed by atoms with Gasteiger partial charge in [0, 0.05) is 12.6 Å². The van der Waals surface area contributed by atoms with Gasteiger partial charge in [0.2, 0.25) is 5.95 Å². The lowest BCUT2D eigenvalue weighted by Crippen LogP contribution is -2.05. The maximum absolute atomic E-state index is 5.16. The first-order valence-corrected chi connectivity index (χ1v) is 7.45. The molecule has 1 aromatic carbocycles. The Labute approximate surface area is 133 Å². The highest BCUT2D eigenvalue weighted by Gasteiger charge is 2.12. The molecule has 0 aliphatic carbocycles. The standard InChI is InChI=1S/C18H16N4O/c1-19-18-21-16-10-20-15(14-7-8-23-12-14)9-17(16)22(18)11-13-5-3-2-4-6-13/h2-10,12H,11H2,1H3,(H,19,21). The van der Waals surface area contributed by atoms with Crippen molar-refractivity contribution in [1.82, 2.24) is 14.5 Å². The number of nitrogens with zero attached hydrogens (tertiary/aromatic N) is 3. The number of aromatic nitrogens is 3. The van der Waals surface area contributed by atoms with Crippen LogP contribution < -0.4 is 5.32 Å². The normalized spacial score (nSPS) is 11.0. The summed E-state index contributed by atoms with van der Waals surface area (Å²) in [6.45, 7) is 0.752. The number of hydrogen-bond donors (Lipinski definition) is 1. The second-order valence-electron chi connectivity index (χ2n) is 5.33. The number of fused-ring (bicyclic) bond motifs is 1. The number of rotatable bonds is 4. The summed E-state index contributed by atoms with van der Waals surface area (Å²) in [5, 5.41) is 3.17. The summed E-state index contributed by atoms with van der Waals surface area (Å²) in [6.07, 6.45) is 5.16. The highest BCUT2D eigenvalue weighted by molar-refractivity contribution is 5.82. The van der Waals surface area contributed by atoms with E-state index in [1.165, 1.54) is 5.56 Å². The van der Waals surface area contributed by atoms with Crippen molar-refractivity contribution in [1.29, 1.82) is 0 Å². The maximum atomic E-state index is 5.16. The number of imidazole rings is 1. The topological polar surface area (TPSA) is 55.9 Å². The van der Waals surface area contributed by atoms with Crippen LogP contribution in [0.3, 0.4) is 0 Å². The third kappa shape index (κ3) is 2.46. The minimum absolute atomic E-state index is 0.752. The van der Waals surface area contributed by atoms with Crippen molar-refractivity contribution in [3.8, 4) is 11.3 Å². The van der Waals surface area contributed by atoms with Crippen molar-refractivity contribution in [2.24, 2.45) is 0 Å². The molecule has 1 N–H and O–H groups in total. The van der Waals surface area contributed by atoms with E-state index in [1.807, 2.05) is 31.3 Å². The van der Waals surface area contributed by atoms with Gasteiger partial charge in [-0.2, -0.15) is 0 Å². The molecule has 0 fully saturated rings. The molecular formula is C18H16N4O. The molecule has 3 aromatic heterocycles. The van der Waals surface area contributed by atoms with Crippen molar-refractivity contribution in [3.63, 3.8) is 0 Å². The van der Waals surface area contributed by atoms with Crippen LogP contribution in [0.15, 0.2) is 65.6 Å². The van der Waals surface area contributed by atoms with Crippen LogP contribution in [0.2, 0.25) is 0 Å². The van der Waals surface area contributed by atoms with Crippen molar-refractivity contribution < 1.29 is 4.42 Å². The van der Waals surface area contributed by atoms with E-state index in [-0.39, 0.29) is 0 Å². The molecule has 0 aliphatic rings. The molecule has 0 amide bonds. The molecule has 0 unspecified atom stereocenters. The Kier molecular flexibility index (Phi) is 3.31. The van der Waals surface area contributed by atoms with Crippen LogP contribution in [-0.2, 0) is 6.54 Å². The van der Waals surface area contributed by atoms with Gasteiger partial charge in [0.1, 0.15) is 5.52 Å². The Bertz CT molecular complexity index is 926. The van der Waals surface area contributed by atoms with Gasteiger partial charge >= 0.3 is 0 Å². The molecule has 0 saturated carbocycles. The molecule has 0 saturated heterocycles. The molecule has 5 nitrogen and oxygen atoms in total. The highest BCUT2D eigenvalue weighted by atomic mass is 16.3. The number of benzene rings is 1. The fraction of sp³-hybridized carbons (Fsp3) is 0.111. The second kappa shape index (κ2) is 5.61. The fourth-order valence-corrected chi connectivity index (χ4v) is 2.71. The van der Waals surface area contributed by atoms with E-state index < -0.39 is 0 Å². The summed E-state index contributed by atoms with van der Waals surface area (Å²) in [4.78, 5) is 9.10. The second-order valence-corrected chi connectivity index (χ2v) is 5.33. The number of pyridine rings is 1. The zero-order chi connectivity index (χ0) is 15.6. The van der Waals surface area contributed by atoms with Crippen molar-refractivity contribution >= 4 is 17.0 Å². The highest BCUT2D eigenvalue weighted by Crippen LogP contribution is 2.25. The summed E-state index contributed by atoms with van der Waals surface area (Å²) >= 11 is 0. The third-order valence-corrected chi connectivity index (χ3v) is 3.86.